The first-order valence-electron chi connectivity index (χ1n) is 8.89. The third-order valence-corrected chi connectivity index (χ3v) is 4.58. The minimum Gasteiger partial charge on any atom is -0.440 e. The molecule has 1 N–H and O–H groups in total. The molecule has 3 aromatic rings. The highest BCUT2D eigenvalue weighted by Gasteiger charge is 2.17. The lowest BCUT2D eigenvalue weighted by Gasteiger charge is -2.27. The number of rotatable bonds is 3. The topological polar surface area (TPSA) is 71.8 Å². The van der Waals surface area contributed by atoms with Crippen molar-refractivity contribution < 1.29 is 13.9 Å². The molecular formula is C21H20N2O4. The van der Waals surface area contributed by atoms with E-state index in [0.717, 1.165) is 16.8 Å². The van der Waals surface area contributed by atoms with Crippen molar-refractivity contribution in [2.45, 2.75) is 6.92 Å². The number of morpholine rings is 1. The predicted octanol–water partition coefficient (Wildman–Crippen LogP) is 3.26. The van der Waals surface area contributed by atoms with E-state index in [1.54, 1.807) is 12.1 Å². The molecule has 2 heterocycles. The van der Waals surface area contributed by atoms with Crippen LogP contribution in [0.1, 0.15) is 6.92 Å². The minimum absolute atomic E-state index is 0.0607. The van der Waals surface area contributed by atoms with Crippen molar-refractivity contribution >= 4 is 28.4 Å². The number of fused-ring (bicyclic) bond motifs is 1. The number of para-hydroxylation sites is 1. The van der Waals surface area contributed by atoms with Crippen molar-refractivity contribution in [3.63, 3.8) is 0 Å². The first-order chi connectivity index (χ1) is 13.1. The molecule has 6 heteroatoms. The summed E-state index contributed by atoms with van der Waals surface area (Å²) in [7, 11) is 0. The van der Waals surface area contributed by atoms with Crippen LogP contribution in [0.15, 0.2) is 57.7 Å². The van der Waals surface area contributed by atoms with Crippen LogP contribution in [0, 0.1) is 0 Å². The summed E-state index contributed by atoms with van der Waals surface area (Å²) >= 11 is 0. The molecule has 1 saturated heterocycles. The van der Waals surface area contributed by atoms with Gasteiger partial charge in [-0.15, -0.1) is 0 Å². The number of hydrogen-bond donors (Lipinski definition) is 1. The lowest BCUT2D eigenvalue weighted by molar-refractivity contribution is -0.114. The number of ether oxygens (including phenoxy) is 1. The maximum Gasteiger partial charge on any atom is 0.221 e. The standard InChI is InChI=1S/C21H20N2O4/c1-14(24)22-16-7-5-15(6-8-16)17-3-2-4-18-19(25)13-20(27-21(17)18)23-9-11-26-12-10-23/h2-8,13H,9-12H2,1H3,(H,22,24). The SMILES string of the molecule is CC(=O)Nc1ccc(-c2cccc3c(=O)cc(N4CCOCC4)oc23)cc1. The Morgan fingerprint density at radius 1 is 1.07 bits per heavy atom. The fourth-order valence-electron chi connectivity index (χ4n) is 3.27. The summed E-state index contributed by atoms with van der Waals surface area (Å²) in [5.41, 5.74) is 2.99. The molecule has 0 atom stereocenters. The van der Waals surface area contributed by atoms with Gasteiger partial charge in [-0.3, -0.25) is 9.59 Å². The smallest absolute Gasteiger partial charge is 0.221 e. The molecule has 2 aromatic carbocycles. The van der Waals surface area contributed by atoms with Crippen LogP contribution < -0.4 is 15.6 Å². The summed E-state index contributed by atoms with van der Waals surface area (Å²) in [5.74, 6) is 0.451. The molecule has 0 saturated carbocycles. The van der Waals surface area contributed by atoms with Crippen molar-refractivity contribution in [3.8, 4) is 11.1 Å². The van der Waals surface area contributed by atoms with Crippen LogP contribution in [0.25, 0.3) is 22.1 Å². The first kappa shape index (κ1) is 17.3. The minimum atomic E-state index is -0.117. The van der Waals surface area contributed by atoms with E-state index < -0.39 is 0 Å². The Morgan fingerprint density at radius 2 is 1.81 bits per heavy atom. The average Bonchev–Trinajstić information content (AvgIpc) is 2.68. The number of carbonyl (C=O) groups is 1. The van der Waals surface area contributed by atoms with Crippen molar-refractivity contribution in [1.29, 1.82) is 0 Å². The van der Waals surface area contributed by atoms with Gasteiger partial charge < -0.3 is 19.4 Å². The second-order valence-electron chi connectivity index (χ2n) is 6.49. The van der Waals surface area contributed by atoms with Crippen LogP contribution in [0.5, 0.6) is 0 Å². The molecule has 1 amide bonds. The summed E-state index contributed by atoms with van der Waals surface area (Å²) in [4.78, 5) is 25.9. The summed E-state index contributed by atoms with van der Waals surface area (Å²) in [5, 5.41) is 3.30. The molecule has 1 aliphatic rings. The van der Waals surface area contributed by atoms with Gasteiger partial charge in [-0.05, 0) is 23.8 Å². The predicted molar refractivity (Wildman–Crippen MR) is 105 cm³/mol. The zero-order chi connectivity index (χ0) is 18.8. The van der Waals surface area contributed by atoms with Crippen molar-refractivity contribution in [1.82, 2.24) is 0 Å². The Labute approximate surface area is 156 Å². The quantitative estimate of drug-likeness (QED) is 0.772. The van der Waals surface area contributed by atoms with E-state index in [-0.39, 0.29) is 11.3 Å². The van der Waals surface area contributed by atoms with E-state index in [0.29, 0.717) is 43.2 Å². The number of anilines is 2. The fraction of sp³-hybridized carbons (Fsp3) is 0.238. The van der Waals surface area contributed by atoms with Gasteiger partial charge in [-0.25, -0.2) is 0 Å². The summed E-state index contributed by atoms with van der Waals surface area (Å²) < 4.78 is 11.5. The number of amides is 1. The van der Waals surface area contributed by atoms with Gasteiger partial charge in [-0.2, -0.15) is 0 Å². The Balaban J connectivity index is 1.79. The molecule has 27 heavy (non-hydrogen) atoms. The third-order valence-electron chi connectivity index (χ3n) is 4.58. The van der Waals surface area contributed by atoms with Crippen LogP contribution >= 0.6 is 0 Å². The fourth-order valence-corrected chi connectivity index (χ4v) is 3.27. The molecule has 1 aromatic heterocycles. The Hall–Kier alpha value is -3.12. The molecule has 0 aliphatic carbocycles. The van der Waals surface area contributed by atoms with Crippen LogP contribution in [0.3, 0.4) is 0 Å². The van der Waals surface area contributed by atoms with Crippen molar-refractivity contribution in [2.24, 2.45) is 0 Å². The summed E-state index contributed by atoms with van der Waals surface area (Å²) in [6, 6.07) is 14.6. The molecule has 4 rings (SSSR count). The average molecular weight is 364 g/mol. The van der Waals surface area contributed by atoms with E-state index in [9.17, 15) is 9.59 Å². The second-order valence-corrected chi connectivity index (χ2v) is 6.49. The van der Waals surface area contributed by atoms with Crippen LogP contribution in [-0.4, -0.2) is 32.2 Å². The van der Waals surface area contributed by atoms with Crippen molar-refractivity contribution in [2.75, 3.05) is 36.5 Å². The number of hydrogen-bond acceptors (Lipinski definition) is 5. The van der Waals surface area contributed by atoms with E-state index >= 15 is 0 Å². The van der Waals surface area contributed by atoms with Gasteiger partial charge in [0.15, 0.2) is 11.3 Å². The zero-order valence-electron chi connectivity index (χ0n) is 15.0. The van der Waals surface area contributed by atoms with Gasteiger partial charge in [0.2, 0.25) is 5.91 Å². The second kappa shape index (κ2) is 7.25. The molecule has 0 unspecified atom stereocenters. The molecule has 1 fully saturated rings. The summed E-state index contributed by atoms with van der Waals surface area (Å²) in [6.07, 6.45) is 0. The number of nitrogens with one attached hydrogen (secondary N) is 1. The number of nitrogens with zero attached hydrogens (tertiary/aromatic N) is 1. The number of benzene rings is 2. The van der Waals surface area contributed by atoms with Crippen LogP contribution in [-0.2, 0) is 9.53 Å². The lowest BCUT2D eigenvalue weighted by atomic mass is 10.0. The summed E-state index contributed by atoms with van der Waals surface area (Å²) in [6.45, 7) is 4.10. The molecule has 0 bridgehead atoms. The largest absolute Gasteiger partial charge is 0.440 e. The van der Waals surface area contributed by atoms with E-state index in [1.807, 2.05) is 41.3 Å². The highest BCUT2D eigenvalue weighted by atomic mass is 16.5. The van der Waals surface area contributed by atoms with E-state index in [1.165, 1.54) is 6.92 Å². The highest BCUT2D eigenvalue weighted by molar-refractivity contribution is 5.93. The molecule has 0 spiro atoms. The van der Waals surface area contributed by atoms with E-state index in [2.05, 4.69) is 5.32 Å². The van der Waals surface area contributed by atoms with Gasteiger partial charge in [0.1, 0.15) is 5.58 Å². The van der Waals surface area contributed by atoms with Crippen LogP contribution in [0.2, 0.25) is 0 Å². The van der Waals surface area contributed by atoms with E-state index in [4.69, 9.17) is 9.15 Å². The lowest BCUT2D eigenvalue weighted by Crippen LogP contribution is -2.36. The Bertz CT molecular complexity index is 1030. The maximum absolute atomic E-state index is 12.6. The molecule has 6 nitrogen and oxygen atoms in total. The Kier molecular flexibility index (Phi) is 4.64. The number of carbonyl (C=O) groups excluding carboxylic acids is 1. The highest BCUT2D eigenvalue weighted by Crippen LogP contribution is 2.30. The third kappa shape index (κ3) is 3.57. The van der Waals surface area contributed by atoms with Gasteiger partial charge in [0, 0.05) is 37.3 Å². The van der Waals surface area contributed by atoms with Crippen molar-refractivity contribution in [3.05, 3.63) is 58.8 Å². The maximum atomic E-state index is 12.6. The molecule has 138 valence electrons. The molecular weight excluding hydrogens is 344 g/mol. The monoisotopic (exact) mass is 364 g/mol. The molecule has 1 aliphatic heterocycles. The van der Waals surface area contributed by atoms with Crippen LogP contribution in [0.4, 0.5) is 11.6 Å². The zero-order valence-corrected chi connectivity index (χ0v) is 15.0. The normalized spacial score (nSPS) is 14.3. The Morgan fingerprint density at radius 3 is 2.52 bits per heavy atom. The molecule has 0 radical (unpaired) electrons. The van der Waals surface area contributed by atoms with Gasteiger partial charge in [0.05, 0.1) is 18.6 Å². The first-order valence-corrected chi connectivity index (χ1v) is 8.89. The van der Waals surface area contributed by atoms with Gasteiger partial charge >= 0.3 is 0 Å². The van der Waals surface area contributed by atoms with Gasteiger partial charge in [-0.1, -0.05) is 24.3 Å². The van der Waals surface area contributed by atoms with Gasteiger partial charge in [0.25, 0.3) is 0 Å².